The molecule has 2 fully saturated rings. The number of rotatable bonds is 12. The van der Waals surface area contributed by atoms with Crippen molar-refractivity contribution in [3.63, 3.8) is 0 Å². The van der Waals surface area contributed by atoms with Gasteiger partial charge in [0.1, 0.15) is 36.6 Å². The second kappa shape index (κ2) is 13.6. The maximum atomic E-state index is 10.6. The summed E-state index contributed by atoms with van der Waals surface area (Å²) in [6.07, 6.45) is -5.00. The maximum absolute atomic E-state index is 10.6. The Morgan fingerprint density at radius 1 is 0.742 bits per heavy atom. The van der Waals surface area contributed by atoms with Gasteiger partial charge < -0.3 is 49.6 Å². The lowest BCUT2D eigenvalue weighted by Crippen LogP contribution is -2.64. The van der Waals surface area contributed by atoms with Gasteiger partial charge in [0.15, 0.2) is 12.6 Å². The molecule has 0 bridgehead atoms. The predicted molar refractivity (Wildman–Crippen MR) is 112 cm³/mol. The Kier molecular flexibility index (Phi) is 11.9. The van der Waals surface area contributed by atoms with Crippen molar-refractivity contribution >= 4 is 12.6 Å². The zero-order valence-electron chi connectivity index (χ0n) is 17.9. The highest BCUT2D eigenvalue weighted by molar-refractivity contribution is 7.81. The highest BCUT2D eigenvalue weighted by Crippen LogP contribution is 2.31. The number of aliphatic hydroxyl groups excluding tert-OH is 6. The molecule has 2 saturated heterocycles. The van der Waals surface area contributed by atoms with Crippen LogP contribution in [0, 0.1) is 0 Å². The SMILES string of the molecule is CCCCCCCCO[C@@H]1O[C@H](CO)[C@@H](O[C@@H]2O[C@H](CO)[C@H](O)[C@H](S)[C@H]2O)[C@H](O)[C@H]1O. The molecule has 0 unspecified atom stereocenters. The normalized spacial score (nSPS) is 41.4. The van der Waals surface area contributed by atoms with Crippen LogP contribution in [-0.2, 0) is 18.9 Å². The van der Waals surface area contributed by atoms with Crippen molar-refractivity contribution in [3.8, 4) is 0 Å². The molecule has 10 atom stereocenters. The second-order valence-electron chi connectivity index (χ2n) is 8.14. The van der Waals surface area contributed by atoms with E-state index in [-0.39, 0.29) is 0 Å². The summed E-state index contributed by atoms with van der Waals surface area (Å²) < 4.78 is 22.2. The minimum absolute atomic E-state index is 0.339. The van der Waals surface area contributed by atoms with Crippen molar-refractivity contribution in [2.45, 2.75) is 106 Å². The van der Waals surface area contributed by atoms with Gasteiger partial charge in [-0.2, -0.15) is 12.6 Å². The van der Waals surface area contributed by atoms with Crippen molar-refractivity contribution in [1.82, 2.24) is 0 Å². The molecular formula is C20H38O10S. The van der Waals surface area contributed by atoms with Crippen LogP contribution in [0.1, 0.15) is 45.4 Å². The minimum Gasteiger partial charge on any atom is -0.394 e. The molecule has 2 aliphatic rings. The third-order valence-electron chi connectivity index (χ3n) is 5.74. The third-order valence-corrected chi connectivity index (χ3v) is 6.35. The van der Waals surface area contributed by atoms with Gasteiger partial charge >= 0.3 is 0 Å². The lowest BCUT2D eigenvalue weighted by Gasteiger charge is -2.46. The van der Waals surface area contributed by atoms with Crippen LogP contribution in [0.5, 0.6) is 0 Å². The number of hydrogen-bond acceptors (Lipinski definition) is 11. The molecule has 10 nitrogen and oxygen atoms in total. The third kappa shape index (κ3) is 7.21. The molecule has 0 aromatic heterocycles. The van der Waals surface area contributed by atoms with Gasteiger partial charge in [-0.15, -0.1) is 0 Å². The van der Waals surface area contributed by atoms with E-state index in [1.54, 1.807) is 0 Å². The number of aliphatic hydroxyl groups is 6. The fourth-order valence-corrected chi connectivity index (χ4v) is 4.11. The predicted octanol–water partition coefficient (Wildman–Crippen LogP) is -1.07. The summed E-state index contributed by atoms with van der Waals surface area (Å²) in [5.74, 6) is 0. The summed E-state index contributed by atoms with van der Waals surface area (Å²) in [5, 5.41) is 59.4. The zero-order chi connectivity index (χ0) is 23.0. The van der Waals surface area contributed by atoms with Gasteiger partial charge in [0.25, 0.3) is 0 Å². The number of thiol groups is 1. The van der Waals surface area contributed by atoms with E-state index in [0.29, 0.717) is 6.61 Å². The van der Waals surface area contributed by atoms with E-state index >= 15 is 0 Å². The lowest BCUT2D eigenvalue weighted by atomic mass is 9.98. The Hall–Kier alpha value is -0.0500. The smallest absolute Gasteiger partial charge is 0.186 e. The molecule has 0 aliphatic carbocycles. The van der Waals surface area contributed by atoms with E-state index in [1.165, 1.54) is 19.3 Å². The summed E-state index contributed by atoms with van der Waals surface area (Å²) in [4.78, 5) is 0. The molecule has 6 N–H and O–H groups in total. The zero-order valence-corrected chi connectivity index (χ0v) is 18.8. The number of hydrogen-bond donors (Lipinski definition) is 7. The Balaban J connectivity index is 1.90. The van der Waals surface area contributed by atoms with E-state index in [9.17, 15) is 30.6 Å². The van der Waals surface area contributed by atoms with Gasteiger partial charge in [0.2, 0.25) is 0 Å². The topological polar surface area (TPSA) is 158 Å². The highest BCUT2D eigenvalue weighted by atomic mass is 32.1. The molecule has 0 aromatic rings. The van der Waals surface area contributed by atoms with Crippen molar-refractivity contribution < 1.29 is 49.6 Å². The van der Waals surface area contributed by atoms with Crippen molar-refractivity contribution in [1.29, 1.82) is 0 Å². The molecule has 11 heteroatoms. The number of ether oxygens (including phenoxy) is 4. The minimum atomic E-state index is -1.49. The summed E-state index contributed by atoms with van der Waals surface area (Å²) in [5.41, 5.74) is 0. The van der Waals surface area contributed by atoms with Crippen LogP contribution in [0.4, 0.5) is 0 Å². The lowest BCUT2D eigenvalue weighted by molar-refractivity contribution is -0.348. The van der Waals surface area contributed by atoms with E-state index in [1.807, 2.05) is 0 Å². The molecule has 184 valence electrons. The van der Waals surface area contributed by atoms with Crippen molar-refractivity contribution in [3.05, 3.63) is 0 Å². The summed E-state index contributed by atoms with van der Waals surface area (Å²) >= 11 is 4.13. The van der Waals surface area contributed by atoms with Gasteiger partial charge in [-0.1, -0.05) is 39.0 Å². The summed E-state index contributed by atoms with van der Waals surface area (Å²) in [6.45, 7) is 1.42. The molecule has 0 amide bonds. The Morgan fingerprint density at radius 3 is 2.00 bits per heavy atom. The van der Waals surface area contributed by atoms with E-state index < -0.39 is 73.8 Å². The van der Waals surface area contributed by atoms with E-state index in [4.69, 9.17) is 18.9 Å². The van der Waals surface area contributed by atoms with Crippen molar-refractivity contribution in [2.75, 3.05) is 19.8 Å². The maximum Gasteiger partial charge on any atom is 0.186 e. The largest absolute Gasteiger partial charge is 0.394 e. The molecular weight excluding hydrogens is 432 g/mol. The molecule has 0 radical (unpaired) electrons. The Morgan fingerprint density at radius 2 is 1.35 bits per heavy atom. The highest BCUT2D eigenvalue weighted by Gasteiger charge is 2.50. The van der Waals surface area contributed by atoms with Gasteiger partial charge in [0, 0.05) is 6.61 Å². The van der Waals surface area contributed by atoms with Crippen LogP contribution in [0.25, 0.3) is 0 Å². The second-order valence-corrected chi connectivity index (χ2v) is 8.74. The van der Waals surface area contributed by atoms with Gasteiger partial charge in [-0.25, -0.2) is 0 Å². The first-order chi connectivity index (χ1) is 14.8. The van der Waals surface area contributed by atoms with Gasteiger partial charge in [-0.05, 0) is 6.42 Å². The Labute approximate surface area is 188 Å². The molecule has 0 spiro atoms. The first-order valence-corrected chi connectivity index (χ1v) is 11.6. The van der Waals surface area contributed by atoms with Crippen LogP contribution in [-0.4, -0.2) is 111 Å². The van der Waals surface area contributed by atoms with Crippen LogP contribution in [0.3, 0.4) is 0 Å². The average molecular weight is 471 g/mol. The average Bonchev–Trinajstić information content (AvgIpc) is 2.77. The van der Waals surface area contributed by atoms with Gasteiger partial charge in [0.05, 0.1) is 24.6 Å². The summed E-state index contributed by atoms with van der Waals surface area (Å²) in [6, 6.07) is 0. The van der Waals surface area contributed by atoms with Crippen LogP contribution in [0.15, 0.2) is 0 Å². The molecule has 31 heavy (non-hydrogen) atoms. The first-order valence-electron chi connectivity index (χ1n) is 11.1. The standard InChI is InChI=1S/C20H38O10S/c1-2-3-4-5-6-7-8-27-19-15(25)14(24)17(12(10-22)29-19)30-20-16(26)18(31)13(23)11(9-21)28-20/h11-26,31H,2-10H2,1H3/t11-,12-,13+,14-,15-,16-,17-,18+,19-,20+/m1/s1. The van der Waals surface area contributed by atoms with Gasteiger partial charge in [-0.3, -0.25) is 0 Å². The number of unbranched alkanes of at least 4 members (excludes halogenated alkanes) is 5. The Bertz CT molecular complexity index is 497. The van der Waals surface area contributed by atoms with Crippen molar-refractivity contribution in [2.24, 2.45) is 0 Å². The molecule has 2 aliphatic heterocycles. The fraction of sp³-hybridized carbons (Fsp3) is 1.00. The quantitative estimate of drug-likeness (QED) is 0.138. The van der Waals surface area contributed by atoms with Crippen LogP contribution < -0.4 is 0 Å². The van der Waals surface area contributed by atoms with E-state index in [2.05, 4.69) is 19.6 Å². The molecule has 2 heterocycles. The van der Waals surface area contributed by atoms with E-state index in [0.717, 1.165) is 19.3 Å². The fourth-order valence-electron chi connectivity index (χ4n) is 3.77. The molecule has 2 rings (SSSR count). The molecule has 0 aromatic carbocycles. The molecule has 0 saturated carbocycles. The monoisotopic (exact) mass is 470 g/mol. The van der Waals surface area contributed by atoms with Crippen LogP contribution in [0.2, 0.25) is 0 Å². The first kappa shape index (κ1) is 27.2. The van der Waals surface area contributed by atoms with Crippen LogP contribution >= 0.6 is 12.6 Å². The summed E-state index contributed by atoms with van der Waals surface area (Å²) in [7, 11) is 0.